The number of sulfone groups is 1. The molecule has 7 heteroatoms. The van der Waals surface area contributed by atoms with Crippen LogP contribution in [0.15, 0.2) is 0 Å². The van der Waals surface area contributed by atoms with Crippen molar-refractivity contribution in [3.63, 3.8) is 0 Å². The third-order valence-electron chi connectivity index (χ3n) is 1.18. The Morgan fingerprint density at radius 3 is 2.23 bits per heavy atom. The Bertz CT molecular complexity index is 288. The SMILES string of the molecule is [C-]#[N+]CS(=O)(=O)CCCC(F)(F)F. The van der Waals surface area contributed by atoms with E-state index in [1.807, 2.05) is 0 Å². The molecule has 0 rings (SSSR count). The Hall–Kier alpha value is -0.770. The summed E-state index contributed by atoms with van der Waals surface area (Å²) >= 11 is 0. The van der Waals surface area contributed by atoms with Crippen LogP contribution in [0.5, 0.6) is 0 Å². The molecular formula is C6H8F3NO2S. The predicted octanol–water partition coefficient (Wildman–Crippen LogP) is 1.62. The highest BCUT2D eigenvalue weighted by molar-refractivity contribution is 7.91. The molecule has 3 nitrogen and oxygen atoms in total. The number of halogens is 3. The van der Waals surface area contributed by atoms with E-state index in [4.69, 9.17) is 6.57 Å². The van der Waals surface area contributed by atoms with E-state index in [-0.39, 0.29) is 0 Å². The Balaban J connectivity index is 3.86. The van der Waals surface area contributed by atoms with E-state index in [1.165, 1.54) is 0 Å². The highest BCUT2D eigenvalue weighted by Gasteiger charge is 2.27. The van der Waals surface area contributed by atoms with E-state index in [9.17, 15) is 21.6 Å². The van der Waals surface area contributed by atoms with E-state index >= 15 is 0 Å². The van der Waals surface area contributed by atoms with Crippen LogP contribution in [0.3, 0.4) is 0 Å². The van der Waals surface area contributed by atoms with Crippen LogP contribution in [-0.2, 0) is 9.84 Å². The van der Waals surface area contributed by atoms with Crippen molar-refractivity contribution in [3.8, 4) is 0 Å². The summed E-state index contributed by atoms with van der Waals surface area (Å²) in [4.78, 5) is 2.60. The van der Waals surface area contributed by atoms with Gasteiger partial charge in [-0.2, -0.15) is 13.2 Å². The summed E-state index contributed by atoms with van der Waals surface area (Å²) in [7, 11) is -3.61. The van der Waals surface area contributed by atoms with Gasteiger partial charge < -0.3 is 0 Å². The normalized spacial score (nSPS) is 12.5. The molecule has 0 aliphatic heterocycles. The van der Waals surface area contributed by atoms with Crippen LogP contribution in [0.1, 0.15) is 12.8 Å². The lowest BCUT2D eigenvalue weighted by Gasteiger charge is -2.03. The molecule has 76 valence electrons. The molecular weight excluding hydrogens is 207 g/mol. The van der Waals surface area contributed by atoms with Crippen LogP contribution >= 0.6 is 0 Å². The number of hydrogen-bond donors (Lipinski definition) is 0. The van der Waals surface area contributed by atoms with Crippen molar-refractivity contribution < 1.29 is 21.6 Å². The molecule has 0 saturated heterocycles. The minimum atomic E-state index is -4.33. The van der Waals surface area contributed by atoms with Crippen molar-refractivity contribution in [1.29, 1.82) is 0 Å². The van der Waals surface area contributed by atoms with Gasteiger partial charge in [-0.15, -0.1) is 0 Å². The smallest absolute Gasteiger partial charge is 0.300 e. The van der Waals surface area contributed by atoms with Gasteiger partial charge in [0.15, 0.2) is 0 Å². The second kappa shape index (κ2) is 4.46. The minimum absolute atomic E-state index is 0.471. The lowest BCUT2D eigenvalue weighted by Crippen LogP contribution is -2.13. The summed E-state index contributed by atoms with van der Waals surface area (Å²) in [6.07, 6.45) is -5.92. The van der Waals surface area contributed by atoms with Gasteiger partial charge >= 0.3 is 12.1 Å². The molecule has 0 aliphatic carbocycles. The molecule has 0 bridgehead atoms. The van der Waals surface area contributed by atoms with Crippen molar-refractivity contribution in [2.75, 3.05) is 11.6 Å². The fourth-order valence-corrected chi connectivity index (χ4v) is 1.57. The molecule has 0 heterocycles. The van der Waals surface area contributed by atoms with E-state index in [0.29, 0.717) is 0 Å². The Kier molecular flexibility index (Phi) is 4.20. The predicted molar refractivity (Wildman–Crippen MR) is 40.5 cm³/mol. The van der Waals surface area contributed by atoms with Crippen LogP contribution in [0.25, 0.3) is 4.85 Å². The van der Waals surface area contributed by atoms with Gasteiger partial charge in [-0.05, 0) is 6.42 Å². The van der Waals surface area contributed by atoms with Crippen LogP contribution < -0.4 is 0 Å². The molecule has 13 heavy (non-hydrogen) atoms. The third-order valence-corrected chi connectivity index (χ3v) is 2.61. The monoisotopic (exact) mass is 215 g/mol. The number of alkyl halides is 3. The summed E-state index contributed by atoms with van der Waals surface area (Å²) in [6, 6.07) is 0. The number of rotatable bonds is 4. The van der Waals surface area contributed by atoms with Crippen LogP contribution in [0.2, 0.25) is 0 Å². The second-order valence-corrected chi connectivity index (χ2v) is 4.61. The summed E-state index contributed by atoms with van der Waals surface area (Å²) in [5, 5.41) is 0. The summed E-state index contributed by atoms with van der Waals surface area (Å²) in [5.41, 5.74) is 0. The molecule has 0 spiro atoms. The van der Waals surface area contributed by atoms with Gasteiger partial charge in [-0.25, -0.2) is 15.0 Å². The molecule has 0 aliphatic rings. The summed E-state index contributed by atoms with van der Waals surface area (Å²) in [6.45, 7) is 6.24. The van der Waals surface area contributed by atoms with Gasteiger partial charge in [-0.1, -0.05) is 0 Å². The highest BCUT2D eigenvalue weighted by atomic mass is 32.2. The molecule has 0 atom stereocenters. The molecule has 0 amide bonds. The molecule has 0 aromatic heterocycles. The number of hydrogen-bond acceptors (Lipinski definition) is 2. The topological polar surface area (TPSA) is 38.5 Å². The molecule has 0 fully saturated rings. The van der Waals surface area contributed by atoms with Crippen molar-refractivity contribution in [3.05, 3.63) is 11.4 Å². The first kappa shape index (κ1) is 12.2. The van der Waals surface area contributed by atoms with E-state index in [0.717, 1.165) is 0 Å². The minimum Gasteiger partial charge on any atom is -0.300 e. The quantitative estimate of drug-likeness (QED) is 0.668. The van der Waals surface area contributed by atoms with Gasteiger partial charge in [-0.3, -0.25) is 4.85 Å². The highest BCUT2D eigenvalue weighted by Crippen LogP contribution is 2.21. The van der Waals surface area contributed by atoms with E-state index in [1.54, 1.807) is 0 Å². The molecule has 0 saturated carbocycles. The average molecular weight is 215 g/mol. The van der Waals surface area contributed by atoms with Gasteiger partial charge in [0.05, 0.1) is 5.75 Å². The number of nitrogens with zero attached hydrogens (tertiary/aromatic N) is 1. The molecule has 0 unspecified atom stereocenters. The first-order chi connectivity index (χ1) is 5.77. The van der Waals surface area contributed by atoms with Gasteiger partial charge in [0.25, 0.3) is 0 Å². The van der Waals surface area contributed by atoms with Crippen LogP contribution in [-0.4, -0.2) is 26.2 Å². The van der Waals surface area contributed by atoms with E-state index in [2.05, 4.69) is 4.85 Å². The zero-order chi connectivity index (χ0) is 10.5. The second-order valence-electron chi connectivity index (χ2n) is 2.45. The first-order valence-electron chi connectivity index (χ1n) is 3.37. The molecule has 0 radical (unpaired) electrons. The zero-order valence-electron chi connectivity index (χ0n) is 6.63. The summed E-state index contributed by atoms with van der Waals surface area (Å²) < 4.78 is 56.2. The largest absolute Gasteiger partial charge is 0.389 e. The van der Waals surface area contributed by atoms with Gasteiger partial charge in [0, 0.05) is 6.42 Å². The fourth-order valence-electron chi connectivity index (χ4n) is 0.655. The standard InChI is InChI=1S/C6H8F3NO2S/c1-10-5-13(11,12)4-2-3-6(7,8)9/h2-5H2. The van der Waals surface area contributed by atoms with Crippen molar-refractivity contribution in [1.82, 2.24) is 0 Å². The maximum Gasteiger partial charge on any atom is 0.389 e. The molecule has 0 aromatic carbocycles. The van der Waals surface area contributed by atoms with E-state index < -0.39 is 40.5 Å². The van der Waals surface area contributed by atoms with Gasteiger partial charge in [0.2, 0.25) is 9.84 Å². The maximum absolute atomic E-state index is 11.6. The van der Waals surface area contributed by atoms with Gasteiger partial charge in [0.1, 0.15) is 0 Å². The average Bonchev–Trinajstić information content (AvgIpc) is 1.82. The van der Waals surface area contributed by atoms with Crippen molar-refractivity contribution in [2.24, 2.45) is 0 Å². The van der Waals surface area contributed by atoms with Crippen LogP contribution in [0, 0.1) is 6.57 Å². The lowest BCUT2D eigenvalue weighted by molar-refractivity contribution is -0.134. The molecule has 0 N–H and O–H groups in total. The Morgan fingerprint density at radius 1 is 1.31 bits per heavy atom. The van der Waals surface area contributed by atoms with Crippen LogP contribution in [0.4, 0.5) is 13.2 Å². The Morgan fingerprint density at radius 2 is 1.85 bits per heavy atom. The molecule has 0 aromatic rings. The summed E-state index contributed by atoms with van der Waals surface area (Å²) in [5.74, 6) is -1.31. The third kappa shape index (κ3) is 7.59. The zero-order valence-corrected chi connectivity index (χ0v) is 7.45. The fraction of sp³-hybridized carbons (Fsp3) is 0.833. The van der Waals surface area contributed by atoms with Crippen molar-refractivity contribution >= 4 is 9.84 Å². The maximum atomic E-state index is 11.6. The van der Waals surface area contributed by atoms with Crippen molar-refractivity contribution in [2.45, 2.75) is 19.0 Å². The Labute approximate surface area is 74.3 Å². The lowest BCUT2D eigenvalue weighted by atomic mass is 10.3. The first-order valence-corrected chi connectivity index (χ1v) is 5.19.